The number of hydrogen-bond donors (Lipinski definition) is 1. The van der Waals surface area contributed by atoms with E-state index in [1.54, 1.807) is 35.9 Å². The lowest BCUT2D eigenvalue weighted by atomic mass is 10.0. The van der Waals surface area contributed by atoms with E-state index in [0.29, 0.717) is 30.1 Å². The third kappa shape index (κ3) is 4.78. The molecule has 0 spiro atoms. The second-order valence-corrected chi connectivity index (χ2v) is 11.3. The molecule has 0 atom stereocenters. The number of benzene rings is 2. The summed E-state index contributed by atoms with van der Waals surface area (Å²) in [7, 11) is -1.94. The SMILES string of the molecule is COc1ccnc(CCc2nc3cc(-c4ccc(S(=O)(=O)N5CCc6ccccc6C5)cc4)cnc3[nH]2)c1. The minimum absolute atomic E-state index is 0.294. The first kappa shape index (κ1) is 24.3. The molecule has 0 saturated carbocycles. The van der Waals surface area contributed by atoms with E-state index in [2.05, 4.69) is 21.0 Å². The third-order valence-corrected chi connectivity index (χ3v) is 8.81. The van der Waals surface area contributed by atoms with Crippen molar-refractivity contribution in [3.8, 4) is 16.9 Å². The van der Waals surface area contributed by atoms with Gasteiger partial charge in [-0.3, -0.25) is 4.98 Å². The minimum atomic E-state index is -3.58. The van der Waals surface area contributed by atoms with Gasteiger partial charge in [-0.25, -0.2) is 18.4 Å². The Morgan fingerprint density at radius 3 is 2.58 bits per heavy atom. The normalized spacial score (nSPS) is 13.9. The zero-order chi connectivity index (χ0) is 26.1. The zero-order valence-electron chi connectivity index (χ0n) is 21.0. The molecule has 4 heterocycles. The van der Waals surface area contributed by atoms with Gasteiger partial charge in [0.2, 0.25) is 10.0 Å². The Morgan fingerprint density at radius 1 is 0.947 bits per heavy atom. The lowest BCUT2D eigenvalue weighted by Gasteiger charge is -2.28. The van der Waals surface area contributed by atoms with Gasteiger partial charge in [0.25, 0.3) is 0 Å². The molecular formula is C29H27N5O3S. The smallest absolute Gasteiger partial charge is 0.243 e. The van der Waals surface area contributed by atoms with E-state index < -0.39 is 10.0 Å². The maximum absolute atomic E-state index is 13.3. The molecule has 8 nitrogen and oxygen atoms in total. The number of nitrogens with zero attached hydrogens (tertiary/aromatic N) is 4. The molecule has 38 heavy (non-hydrogen) atoms. The monoisotopic (exact) mass is 525 g/mol. The van der Waals surface area contributed by atoms with Crippen molar-refractivity contribution >= 4 is 21.2 Å². The molecule has 0 saturated heterocycles. The van der Waals surface area contributed by atoms with Crippen LogP contribution in [0.1, 0.15) is 22.6 Å². The van der Waals surface area contributed by atoms with Crippen LogP contribution in [0.5, 0.6) is 5.75 Å². The Hall–Kier alpha value is -4.08. The highest BCUT2D eigenvalue weighted by atomic mass is 32.2. The van der Waals surface area contributed by atoms with E-state index in [1.165, 1.54) is 5.56 Å². The standard InChI is InChI=1S/C29H27N5O3S/c1-37-25-12-14-30-24(17-25)8-11-28-32-27-16-23(18-31-29(27)33-28)21-6-9-26(10-7-21)38(35,36)34-15-13-20-4-2-3-5-22(20)19-34/h2-7,9-10,12,14,16-18H,8,11,13,15,19H2,1H3,(H,31,32,33). The summed E-state index contributed by atoms with van der Waals surface area (Å²) in [4.78, 5) is 17.2. The van der Waals surface area contributed by atoms with Crippen molar-refractivity contribution in [2.45, 2.75) is 30.7 Å². The predicted octanol–water partition coefficient (Wildman–Crippen LogP) is 4.56. The summed E-state index contributed by atoms with van der Waals surface area (Å²) in [6, 6.07) is 20.7. The Labute approximate surface area is 221 Å². The van der Waals surface area contributed by atoms with Gasteiger partial charge in [-0.05, 0) is 53.8 Å². The molecule has 0 fully saturated rings. The summed E-state index contributed by atoms with van der Waals surface area (Å²) >= 11 is 0. The van der Waals surface area contributed by atoms with Crippen LogP contribution in [0.3, 0.4) is 0 Å². The number of rotatable bonds is 7. The molecule has 0 unspecified atom stereocenters. The number of aryl methyl sites for hydroxylation is 2. The van der Waals surface area contributed by atoms with Crippen LogP contribution in [0.2, 0.25) is 0 Å². The fraction of sp³-hybridized carbons (Fsp3) is 0.207. The van der Waals surface area contributed by atoms with Crippen LogP contribution in [0, 0.1) is 0 Å². The molecular weight excluding hydrogens is 498 g/mol. The predicted molar refractivity (Wildman–Crippen MR) is 145 cm³/mol. The first-order valence-electron chi connectivity index (χ1n) is 12.5. The van der Waals surface area contributed by atoms with Crippen molar-refractivity contribution in [2.24, 2.45) is 0 Å². The molecule has 3 aromatic heterocycles. The van der Waals surface area contributed by atoms with Crippen molar-refractivity contribution in [3.63, 3.8) is 0 Å². The highest BCUT2D eigenvalue weighted by Crippen LogP contribution is 2.28. The number of methoxy groups -OCH3 is 1. The van der Waals surface area contributed by atoms with Crippen LogP contribution in [0.4, 0.5) is 0 Å². The van der Waals surface area contributed by atoms with Crippen molar-refractivity contribution in [2.75, 3.05) is 13.7 Å². The highest BCUT2D eigenvalue weighted by molar-refractivity contribution is 7.89. The Morgan fingerprint density at radius 2 is 1.76 bits per heavy atom. The molecule has 0 radical (unpaired) electrons. The second-order valence-electron chi connectivity index (χ2n) is 9.34. The van der Waals surface area contributed by atoms with Gasteiger partial charge in [0.1, 0.15) is 17.1 Å². The molecule has 0 amide bonds. The van der Waals surface area contributed by atoms with Crippen LogP contribution in [0.15, 0.2) is 84.0 Å². The number of sulfonamides is 1. The van der Waals surface area contributed by atoms with Gasteiger partial charge in [-0.15, -0.1) is 0 Å². The van der Waals surface area contributed by atoms with Crippen molar-refractivity contribution in [1.29, 1.82) is 0 Å². The van der Waals surface area contributed by atoms with Gasteiger partial charge in [0.05, 0.1) is 12.0 Å². The number of ether oxygens (including phenoxy) is 1. The lowest BCUT2D eigenvalue weighted by molar-refractivity contribution is 0.391. The van der Waals surface area contributed by atoms with Gasteiger partial charge >= 0.3 is 0 Å². The van der Waals surface area contributed by atoms with Crippen LogP contribution in [-0.2, 0) is 35.8 Å². The van der Waals surface area contributed by atoms with E-state index in [-0.39, 0.29) is 0 Å². The first-order chi connectivity index (χ1) is 18.5. The van der Waals surface area contributed by atoms with Gasteiger partial charge in [0, 0.05) is 49.2 Å². The van der Waals surface area contributed by atoms with Crippen LogP contribution >= 0.6 is 0 Å². The largest absolute Gasteiger partial charge is 0.497 e. The van der Waals surface area contributed by atoms with Gasteiger partial charge < -0.3 is 9.72 Å². The average molecular weight is 526 g/mol. The van der Waals surface area contributed by atoms with Crippen molar-refractivity contribution in [3.05, 3.63) is 102 Å². The molecule has 0 aliphatic carbocycles. The Kier molecular flexibility index (Phi) is 6.39. The highest BCUT2D eigenvalue weighted by Gasteiger charge is 2.28. The number of imidazole rings is 1. The molecule has 0 bridgehead atoms. The quantitative estimate of drug-likeness (QED) is 0.334. The Bertz CT molecular complexity index is 1710. The van der Waals surface area contributed by atoms with E-state index >= 15 is 0 Å². The summed E-state index contributed by atoms with van der Waals surface area (Å²) in [5.41, 5.74) is 6.45. The molecule has 6 rings (SSSR count). The number of pyridine rings is 2. The van der Waals surface area contributed by atoms with Crippen LogP contribution in [-0.4, -0.2) is 46.3 Å². The summed E-state index contributed by atoms with van der Waals surface area (Å²) in [5, 5.41) is 0. The molecule has 5 aromatic rings. The zero-order valence-corrected chi connectivity index (χ0v) is 21.8. The van der Waals surface area contributed by atoms with Gasteiger partial charge in [-0.2, -0.15) is 4.31 Å². The first-order valence-corrected chi connectivity index (χ1v) is 13.9. The molecule has 1 aliphatic rings. The number of aromatic amines is 1. The van der Waals surface area contributed by atoms with Crippen molar-refractivity contribution in [1.82, 2.24) is 24.2 Å². The minimum Gasteiger partial charge on any atom is -0.497 e. The lowest BCUT2D eigenvalue weighted by Crippen LogP contribution is -2.35. The molecule has 1 aliphatic heterocycles. The Balaban J connectivity index is 1.18. The molecule has 1 N–H and O–H groups in total. The number of hydrogen-bond acceptors (Lipinski definition) is 6. The van der Waals surface area contributed by atoms with Crippen molar-refractivity contribution < 1.29 is 13.2 Å². The maximum atomic E-state index is 13.3. The fourth-order valence-electron chi connectivity index (χ4n) is 4.83. The van der Waals surface area contributed by atoms with Gasteiger partial charge in [-0.1, -0.05) is 36.4 Å². The third-order valence-electron chi connectivity index (χ3n) is 6.95. The van der Waals surface area contributed by atoms with Crippen LogP contribution < -0.4 is 4.74 Å². The average Bonchev–Trinajstić information content (AvgIpc) is 3.38. The molecule has 9 heteroatoms. The van der Waals surface area contributed by atoms with Gasteiger partial charge in [0.15, 0.2) is 5.65 Å². The summed E-state index contributed by atoms with van der Waals surface area (Å²) < 4.78 is 33.5. The second kappa shape index (κ2) is 10.00. The number of aromatic nitrogens is 4. The number of H-pyrrole nitrogens is 1. The summed E-state index contributed by atoms with van der Waals surface area (Å²) in [5.74, 6) is 1.62. The number of fused-ring (bicyclic) bond motifs is 2. The van der Waals surface area contributed by atoms with E-state index in [0.717, 1.165) is 52.3 Å². The molecule has 2 aromatic carbocycles. The molecule has 192 valence electrons. The summed E-state index contributed by atoms with van der Waals surface area (Å²) in [6.07, 6.45) is 5.66. The number of nitrogens with one attached hydrogen (secondary N) is 1. The summed E-state index contributed by atoms with van der Waals surface area (Å²) in [6.45, 7) is 0.882. The van der Waals surface area contributed by atoms with Crippen LogP contribution in [0.25, 0.3) is 22.3 Å². The fourth-order valence-corrected chi connectivity index (χ4v) is 6.25. The van der Waals surface area contributed by atoms with E-state index in [9.17, 15) is 8.42 Å². The topological polar surface area (TPSA) is 101 Å². The van der Waals surface area contributed by atoms with E-state index in [4.69, 9.17) is 9.72 Å². The van der Waals surface area contributed by atoms with E-state index in [1.807, 2.05) is 48.5 Å². The maximum Gasteiger partial charge on any atom is 0.243 e.